The SMILES string of the molecule is COCOc1ccc([C@H]2O[C@@H]2C(=O)C(C)C)cc1. The zero-order chi connectivity index (χ0) is 13.1. The highest BCUT2D eigenvalue weighted by Gasteiger charge is 2.46. The van der Waals surface area contributed by atoms with Crippen molar-refractivity contribution in [1.29, 1.82) is 0 Å². The van der Waals surface area contributed by atoms with Crippen LogP contribution in [-0.4, -0.2) is 25.8 Å². The fourth-order valence-corrected chi connectivity index (χ4v) is 1.79. The summed E-state index contributed by atoms with van der Waals surface area (Å²) in [5.74, 6) is 0.928. The van der Waals surface area contributed by atoms with Gasteiger partial charge in [-0.3, -0.25) is 4.79 Å². The van der Waals surface area contributed by atoms with Crippen LogP contribution in [0.15, 0.2) is 24.3 Å². The number of carbonyl (C=O) groups is 1. The number of ketones is 1. The summed E-state index contributed by atoms with van der Waals surface area (Å²) in [5, 5.41) is 0. The van der Waals surface area contributed by atoms with Gasteiger partial charge in [0.1, 0.15) is 18.0 Å². The Morgan fingerprint density at radius 1 is 1.33 bits per heavy atom. The number of hydrogen-bond acceptors (Lipinski definition) is 4. The van der Waals surface area contributed by atoms with Crippen LogP contribution in [0.3, 0.4) is 0 Å². The molecule has 1 fully saturated rings. The van der Waals surface area contributed by atoms with Crippen molar-refractivity contribution in [1.82, 2.24) is 0 Å². The summed E-state index contributed by atoms with van der Waals surface area (Å²) >= 11 is 0. The van der Waals surface area contributed by atoms with E-state index in [0.29, 0.717) is 0 Å². The van der Waals surface area contributed by atoms with Crippen molar-refractivity contribution in [3.63, 3.8) is 0 Å². The molecule has 0 bridgehead atoms. The number of methoxy groups -OCH3 is 1. The quantitative estimate of drug-likeness (QED) is 0.574. The highest BCUT2D eigenvalue weighted by atomic mass is 16.7. The number of carbonyl (C=O) groups excluding carboxylic acids is 1. The molecule has 98 valence electrons. The Hall–Kier alpha value is -1.39. The van der Waals surface area contributed by atoms with Gasteiger partial charge in [0.25, 0.3) is 0 Å². The molecule has 2 atom stereocenters. The minimum atomic E-state index is -0.268. The molecule has 0 amide bonds. The van der Waals surface area contributed by atoms with Crippen LogP contribution < -0.4 is 4.74 Å². The molecule has 1 saturated heterocycles. The maximum atomic E-state index is 11.7. The molecule has 1 aliphatic rings. The lowest BCUT2D eigenvalue weighted by molar-refractivity contribution is -0.123. The summed E-state index contributed by atoms with van der Waals surface area (Å²) in [7, 11) is 1.58. The zero-order valence-electron chi connectivity index (χ0n) is 10.9. The van der Waals surface area contributed by atoms with E-state index >= 15 is 0 Å². The van der Waals surface area contributed by atoms with Gasteiger partial charge in [0, 0.05) is 13.0 Å². The first-order valence-corrected chi connectivity index (χ1v) is 6.04. The molecule has 4 nitrogen and oxygen atoms in total. The average molecular weight is 250 g/mol. The smallest absolute Gasteiger partial charge is 0.188 e. The van der Waals surface area contributed by atoms with Crippen molar-refractivity contribution in [2.45, 2.75) is 26.1 Å². The molecule has 0 aliphatic carbocycles. The Morgan fingerprint density at radius 3 is 2.56 bits per heavy atom. The number of benzene rings is 1. The predicted molar refractivity (Wildman–Crippen MR) is 66.4 cm³/mol. The van der Waals surface area contributed by atoms with Gasteiger partial charge in [-0.05, 0) is 17.7 Å². The van der Waals surface area contributed by atoms with Crippen molar-refractivity contribution in [2.75, 3.05) is 13.9 Å². The van der Waals surface area contributed by atoms with Gasteiger partial charge in [0.2, 0.25) is 0 Å². The lowest BCUT2D eigenvalue weighted by Gasteiger charge is -2.04. The molecule has 0 N–H and O–H groups in total. The Labute approximate surface area is 107 Å². The van der Waals surface area contributed by atoms with Gasteiger partial charge < -0.3 is 14.2 Å². The molecule has 1 heterocycles. The summed E-state index contributed by atoms with van der Waals surface area (Å²) in [6.45, 7) is 4.01. The summed E-state index contributed by atoms with van der Waals surface area (Å²) in [6.07, 6.45) is -0.355. The molecule has 1 aliphatic heterocycles. The third-order valence-electron chi connectivity index (χ3n) is 2.89. The second-order valence-electron chi connectivity index (χ2n) is 4.65. The van der Waals surface area contributed by atoms with E-state index in [9.17, 15) is 4.79 Å². The molecule has 0 spiro atoms. The lowest BCUT2D eigenvalue weighted by atomic mass is 10.0. The van der Waals surface area contributed by atoms with E-state index in [1.807, 2.05) is 38.1 Å². The monoisotopic (exact) mass is 250 g/mol. The third kappa shape index (κ3) is 2.89. The summed E-state index contributed by atoms with van der Waals surface area (Å²) in [6, 6.07) is 7.55. The molecule has 1 aromatic carbocycles. The van der Waals surface area contributed by atoms with Crippen LogP contribution in [0.4, 0.5) is 0 Å². The van der Waals surface area contributed by atoms with Crippen LogP contribution >= 0.6 is 0 Å². The van der Waals surface area contributed by atoms with Gasteiger partial charge in [0.15, 0.2) is 12.6 Å². The summed E-state index contributed by atoms with van der Waals surface area (Å²) in [4.78, 5) is 11.7. The highest BCUT2D eigenvalue weighted by Crippen LogP contribution is 2.40. The third-order valence-corrected chi connectivity index (χ3v) is 2.89. The Bertz CT molecular complexity index is 410. The Morgan fingerprint density at radius 2 is 2.00 bits per heavy atom. The first-order valence-electron chi connectivity index (χ1n) is 6.04. The first kappa shape index (κ1) is 13.1. The minimum Gasteiger partial charge on any atom is -0.468 e. The van der Waals surface area contributed by atoms with Crippen LogP contribution in [0, 0.1) is 5.92 Å². The van der Waals surface area contributed by atoms with Crippen LogP contribution in [0.1, 0.15) is 25.5 Å². The van der Waals surface area contributed by atoms with Crippen molar-refractivity contribution in [2.24, 2.45) is 5.92 Å². The normalized spacial score (nSPS) is 22.0. The maximum absolute atomic E-state index is 11.7. The van der Waals surface area contributed by atoms with Gasteiger partial charge in [-0.1, -0.05) is 26.0 Å². The van der Waals surface area contributed by atoms with Gasteiger partial charge in [-0.2, -0.15) is 0 Å². The van der Waals surface area contributed by atoms with Gasteiger partial charge in [-0.25, -0.2) is 0 Å². The van der Waals surface area contributed by atoms with E-state index in [1.165, 1.54) is 0 Å². The van der Waals surface area contributed by atoms with Crippen molar-refractivity contribution >= 4 is 5.78 Å². The molecule has 18 heavy (non-hydrogen) atoms. The Balaban J connectivity index is 1.94. The standard InChI is InChI=1S/C14H18O4/c1-9(2)12(15)14-13(18-14)10-4-6-11(7-5-10)17-8-16-3/h4-7,9,13-14H,8H2,1-3H3/t13-,14-/m1/s1. The van der Waals surface area contributed by atoms with E-state index in [1.54, 1.807) is 7.11 Å². The molecule has 1 aromatic rings. The number of rotatable bonds is 6. The van der Waals surface area contributed by atoms with E-state index in [0.717, 1.165) is 11.3 Å². The number of hydrogen-bond donors (Lipinski definition) is 0. The van der Waals surface area contributed by atoms with Crippen molar-refractivity contribution in [3.8, 4) is 5.75 Å². The van der Waals surface area contributed by atoms with E-state index in [2.05, 4.69) is 0 Å². The molecule has 0 aromatic heterocycles. The molecular formula is C14H18O4. The topological polar surface area (TPSA) is 48.1 Å². The molecule has 0 unspecified atom stereocenters. The van der Waals surface area contributed by atoms with Gasteiger partial charge in [0.05, 0.1) is 0 Å². The van der Waals surface area contributed by atoms with E-state index in [4.69, 9.17) is 14.2 Å². The van der Waals surface area contributed by atoms with Crippen LogP contribution in [-0.2, 0) is 14.3 Å². The lowest BCUT2D eigenvalue weighted by Crippen LogP contribution is -2.14. The maximum Gasteiger partial charge on any atom is 0.188 e. The minimum absolute atomic E-state index is 0.0179. The number of Topliss-reactive ketones (excluding diaryl/α,β-unsaturated/α-hetero) is 1. The van der Waals surface area contributed by atoms with Crippen molar-refractivity contribution < 1.29 is 19.0 Å². The van der Waals surface area contributed by atoms with Crippen LogP contribution in [0.2, 0.25) is 0 Å². The number of ether oxygens (including phenoxy) is 3. The van der Waals surface area contributed by atoms with Crippen molar-refractivity contribution in [3.05, 3.63) is 29.8 Å². The highest BCUT2D eigenvalue weighted by molar-refractivity contribution is 5.87. The fraction of sp³-hybridized carbons (Fsp3) is 0.500. The average Bonchev–Trinajstić information content (AvgIpc) is 3.16. The molecule has 0 saturated carbocycles. The van der Waals surface area contributed by atoms with Crippen LogP contribution in [0.5, 0.6) is 5.75 Å². The zero-order valence-corrected chi connectivity index (χ0v) is 10.9. The predicted octanol–water partition coefficient (Wildman–Crippen LogP) is 2.33. The van der Waals surface area contributed by atoms with E-state index in [-0.39, 0.29) is 30.7 Å². The first-order chi connectivity index (χ1) is 8.63. The molecule has 0 radical (unpaired) electrons. The van der Waals surface area contributed by atoms with Gasteiger partial charge >= 0.3 is 0 Å². The van der Waals surface area contributed by atoms with Crippen LogP contribution in [0.25, 0.3) is 0 Å². The largest absolute Gasteiger partial charge is 0.468 e. The molecule has 4 heteroatoms. The van der Waals surface area contributed by atoms with E-state index < -0.39 is 0 Å². The molecular weight excluding hydrogens is 232 g/mol. The van der Waals surface area contributed by atoms with Gasteiger partial charge in [-0.15, -0.1) is 0 Å². The second kappa shape index (κ2) is 5.50. The number of epoxide rings is 1. The summed E-state index contributed by atoms with van der Waals surface area (Å²) in [5.41, 5.74) is 1.01. The summed E-state index contributed by atoms with van der Waals surface area (Å²) < 4.78 is 15.5. The fourth-order valence-electron chi connectivity index (χ4n) is 1.79. The molecule has 2 rings (SSSR count). The second-order valence-corrected chi connectivity index (χ2v) is 4.65. The Kier molecular flexibility index (Phi) is 3.99.